The highest BCUT2D eigenvalue weighted by Gasteiger charge is 2.31. The van der Waals surface area contributed by atoms with E-state index in [9.17, 15) is 4.79 Å². The molecular weight excluding hydrogens is 222 g/mol. The molecule has 18 heavy (non-hydrogen) atoms. The molecule has 104 valence electrons. The predicted molar refractivity (Wildman–Crippen MR) is 75.6 cm³/mol. The average molecular weight is 251 g/mol. The summed E-state index contributed by atoms with van der Waals surface area (Å²) >= 11 is 0. The van der Waals surface area contributed by atoms with Crippen LogP contribution in [-0.4, -0.2) is 29.8 Å². The van der Waals surface area contributed by atoms with Gasteiger partial charge in [-0.3, -0.25) is 9.69 Å². The number of rotatable bonds is 3. The van der Waals surface area contributed by atoms with E-state index in [1.54, 1.807) is 0 Å². The van der Waals surface area contributed by atoms with Crippen LogP contribution >= 0.6 is 0 Å². The van der Waals surface area contributed by atoms with Gasteiger partial charge in [0.2, 0.25) is 0 Å². The van der Waals surface area contributed by atoms with Crippen LogP contribution in [0.3, 0.4) is 0 Å². The lowest BCUT2D eigenvalue weighted by molar-refractivity contribution is -0.126. The zero-order valence-corrected chi connectivity index (χ0v) is 12.3. The Morgan fingerprint density at radius 3 is 2.44 bits per heavy atom. The molecule has 0 bridgehead atoms. The maximum absolute atomic E-state index is 12.4. The normalized spacial score (nSPS) is 35.6. The molecule has 1 aliphatic carbocycles. The maximum Gasteiger partial charge on any atom is 0.149 e. The van der Waals surface area contributed by atoms with Gasteiger partial charge in [0, 0.05) is 18.5 Å². The minimum atomic E-state index is 0.374. The second-order valence-electron chi connectivity index (χ2n) is 6.79. The predicted octanol–water partition coefficient (Wildman–Crippen LogP) is 3.50. The van der Waals surface area contributed by atoms with E-state index in [2.05, 4.69) is 25.7 Å². The van der Waals surface area contributed by atoms with E-state index in [0.29, 0.717) is 24.3 Å². The molecule has 0 aromatic heterocycles. The number of ketones is 1. The van der Waals surface area contributed by atoms with Gasteiger partial charge in [-0.2, -0.15) is 0 Å². The Kier molecular flexibility index (Phi) is 4.83. The lowest BCUT2D eigenvalue weighted by atomic mass is 9.83. The summed E-state index contributed by atoms with van der Waals surface area (Å²) in [6.45, 7) is 8.77. The van der Waals surface area contributed by atoms with E-state index < -0.39 is 0 Å². The fourth-order valence-electron chi connectivity index (χ4n) is 3.80. The number of hydrogen-bond donors (Lipinski definition) is 0. The van der Waals surface area contributed by atoms with Crippen molar-refractivity contribution in [2.45, 2.75) is 65.3 Å². The van der Waals surface area contributed by atoms with Gasteiger partial charge in [-0.05, 0) is 38.0 Å². The van der Waals surface area contributed by atoms with Gasteiger partial charge in [0.25, 0.3) is 0 Å². The molecule has 2 rings (SSSR count). The average Bonchev–Trinajstić information content (AvgIpc) is 2.36. The van der Waals surface area contributed by atoms with Crippen molar-refractivity contribution in [3.8, 4) is 0 Å². The molecule has 0 spiro atoms. The summed E-state index contributed by atoms with van der Waals surface area (Å²) < 4.78 is 0. The highest BCUT2D eigenvalue weighted by molar-refractivity contribution is 5.83. The van der Waals surface area contributed by atoms with Gasteiger partial charge in [-0.1, -0.05) is 33.1 Å². The first-order valence-electron chi connectivity index (χ1n) is 7.84. The molecule has 2 nitrogen and oxygen atoms in total. The fraction of sp³-hybridized carbons (Fsp3) is 0.938. The minimum Gasteiger partial charge on any atom is -0.298 e. The molecule has 2 fully saturated rings. The van der Waals surface area contributed by atoms with Crippen LogP contribution in [0.2, 0.25) is 0 Å². The Morgan fingerprint density at radius 1 is 1.11 bits per heavy atom. The molecule has 3 atom stereocenters. The second-order valence-corrected chi connectivity index (χ2v) is 6.79. The summed E-state index contributed by atoms with van der Waals surface area (Å²) in [4.78, 5) is 14.8. The van der Waals surface area contributed by atoms with Crippen molar-refractivity contribution in [1.82, 2.24) is 4.90 Å². The molecule has 3 unspecified atom stereocenters. The summed E-state index contributed by atoms with van der Waals surface area (Å²) in [6.07, 6.45) is 7.46. The second kappa shape index (κ2) is 6.18. The zero-order chi connectivity index (χ0) is 13.1. The van der Waals surface area contributed by atoms with E-state index in [-0.39, 0.29) is 0 Å². The Hall–Kier alpha value is -0.370. The van der Waals surface area contributed by atoms with E-state index in [1.165, 1.54) is 25.7 Å². The van der Waals surface area contributed by atoms with E-state index in [4.69, 9.17) is 0 Å². The molecule has 1 saturated heterocycles. The highest BCUT2D eigenvalue weighted by Crippen LogP contribution is 2.29. The van der Waals surface area contributed by atoms with Crippen molar-refractivity contribution in [3.63, 3.8) is 0 Å². The number of carbonyl (C=O) groups is 1. The van der Waals surface area contributed by atoms with Crippen LogP contribution in [0.25, 0.3) is 0 Å². The molecule has 1 heterocycles. The number of hydrogen-bond acceptors (Lipinski definition) is 2. The molecular formula is C16H29NO. The summed E-state index contributed by atoms with van der Waals surface area (Å²) in [6, 6.07) is 0.578. The van der Waals surface area contributed by atoms with Crippen LogP contribution in [0.15, 0.2) is 0 Å². The van der Waals surface area contributed by atoms with Gasteiger partial charge < -0.3 is 0 Å². The number of piperidine rings is 1. The first-order valence-corrected chi connectivity index (χ1v) is 7.84. The van der Waals surface area contributed by atoms with Crippen LogP contribution < -0.4 is 0 Å². The standard InChI is InChI=1S/C16H29NO/c1-12-9-13(2)14(3)17(10-12)11-16(18)15-7-5-4-6-8-15/h12-15H,4-11H2,1-3H3. The molecule has 0 radical (unpaired) electrons. The molecule has 1 saturated carbocycles. The third-order valence-electron chi connectivity index (χ3n) is 5.14. The molecule has 2 heteroatoms. The summed E-state index contributed by atoms with van der Waals surface area (Å²) in [5.74, 6) is 2.37. The van der Waals surface area contributed by atoms with Crippen LogP contribution in [0.4, 0.5) is 0 Å². The largest absolute Gasteiger partial charge is 0.298 e. The van der Waals surface area contributed by atoms with E-state index in [0.717, 1.165) is 31.2 Å². The Labute approximate surface area is 112 Å². The molecule has 2 aliphatic rings. The Balaban J connectivity index is 1.88. The molecule has 0 N–H and O–H groups in total. The van der Waals surface area contributed by atoms with Gasteiger partial charge >= 0.3 is 0 Å². The van der Waals surface area contributed by atoms with Crippen molar-refractivity contribution in [2.24, 2.45) is 17.8 Å². The first kappa shape index (κ1) is 14.0. The Morgan fingerprint density at radius 2 is 1.78 bits per heavy atom. The van der Waals surface area contributed by atoms with Crippen molar-refractivity contribution in [2.75, 3.05) is 13.1 Å². The van der Waals surface area contributed by atoms with Crippen molar-refractivity contribution in [1.29, 1.82) is 0 Å². The smallest absolute Gasteiger partial charge is 0.149 e. The number of carbonyl (C=O) groups excluding carboxylic acids is 1. The van der Waals surface area contributed by atoms with E-state index >= 15 is 0 Å². The van der Waals surface area contributed by atoms with Crippen LogP contribution in [-0.2, 0) is 4.79 Å². The molecule has 1 aliphatic heterocycles. The number of Topliss-reactive ketones (excluding diaryl/α,β-unsaturated/α-hetero) is 1. The van der Waals surface area contributed by atoms with Gasteiger partial charge in [0.1, 0.15) is 5.78 Å². The summed E-state index contributed by atoms with van der Waals surface area (Å²) in [5, 5.41) is 0. The summed E-state index contributed by atoms with van der Waals surface area (Å²) in [7, 11) is 0. The zero-order valence-electron chi connectivity index (χ0n) is 12.3. The van der Waals surface area contributed by atoms with Gasteiger partial charge in [-0.25, -0.2) is 0 Å². The summed E-state index contributed by atoms with van der Waals surface area (Å²) in [5.41, 5.74) is 0. The van der Waals surface area contributed by atoms with E-state index in [1.807, 2.05) is 0 Å². The minimum absolute atomic E-state index is 0.374. The third kappa shape index (κ3) is 3.34. The molecule has 0 aromatic rings. The highest BCUT2D eigenvalue weighted by atomic mass is 16.1. The van der Waals surface area contributed by atoms with Gasteiger partial charge in [-0.15, -0.1) is 0 Å². The number of nitrogens with zero attached hydrogens (tertiary/aromatic N) is 1. The van der Waals surface area contributed by atoms with Crippen molar-refractivity contribution < 1.29 is 4.79 Å². The Bertz CT molecular complexity index is 283. The quantitative estimate of drug-likeness (QED) is 0.765. The topological polar surface area (TPSA) is 20.3 Å². The van der Waals surface area contributed by atoms with Crippen LogP contribution in [0.5, 0.6) is 0 Å². The lowest BCUT2D eigenvalue weighted by Gasteiger charge is -2.41. The SMILES string of the molecule is CC1CC(C)C(C)N(CC(=O)C2CCCCC2)C1. The van der Waals surface area contributed by atoms with Gasteiger partial charge in [0.05, 0.1) is 6.54 Å². The third-order valence-corrected chi connectivity index (χ3v) is 5.14. The van der Waals surface area contributed by atoms with Crippen LogP contribution in [0.1, 0.15) is 59.3 Å². The first-order chi connectivity index (χ1) is 8.58. The van der Waals surface area contributed by atoms with Crippen molar-refractivity contribution >= 4 is 5.78 Å². The molecule has 0 amide bonds. The lowest BCUT2D eigenvalue weighted by Crippen LogP contribution is -2.48. The number of likely N-dealkylation sites (tertiary alicyclic amines) is 1. The van der Waals surface area contributed by atoms with Crippen LogP contribution in [0, 0.1) is 17.8 Å². The van der Waals surface area contributed by atoms with Crippen molar-refractivity contribution in [3.05, 3.63) is 0 Å². The fourth-order valence-corrected chi connectivity index (χ4v) is 3.80. The van der Waals surface area contributed by atoms with Gasteiger partial charge in [0.15, 0.2) is 0 Å². The maximum atomic E-state index is 12.4. The monoisotopic (exact) mass is 251 g/mol. The molecule has 0 aromatic carbocycles.